The molecule has 0 bridgehead atoms. The topological polar surface area (TPSA) is 56.0 Å². The van der Waals surface area contributed by atoms with Crippen molar-refractivity contribution in [3.8, 4) is 0 Å². The van der Waals surface area contributed by atoms with Crippen molar-refractivity contribution in [2.24, 2.45) is 17.6 Å². The largest absolute Gasteiger partial charge is 0.330 e. The first kappa shape index (κ1) is 11.3. The Morgan fingerprint density at radius 1 is 1.64 bits per heavy atom. The van der Waals surface area contributed by atoms with E-state index in [1.54, 1.807) is 11.7 Å². The van der Waals surface area contributed by atoms with Gasteiger partial charge in [-0.1, -0.05) is 13.8 Å². The molecule has 0 saturated carbocycles. The molecule has 78 valence electrons. The van der Waals surface area contributed by atoms with Crippen LogP contribution in [-0.2, 0) is 11.2 Å². The lowest BCUT2D eigenvalue weighted by molar-refractivity contribution is -0.123. The van der Waals surface area contributed by atoms with Gasteiger partial charge in [-0.2, -0.15) is 0 Å². The summed E-state index contributed by atoms with van der Waals surface area (Å²) >= 11 is 1.52. The summed E-state index contributed by atoms with van der Waals surface area (Å²) in [6.07, 6.45) is 2.22. The van der Waals surface area contributed by atoms with Gasteiger partial charge in [0.05, 0.1) is 5.51 Å². The lowest BCUT2D eigenvalue weighted by atomic mass is 9.90. The van der Waals surface area contributed by atoms with Crippen molar-refractivity contribution in [3.05, 3.63) is 16.6 Å². The summed E-state index contributed by atoms with van der Waals surface area (Å²) in [6.45, 7) is 4.50. The van der Waals surface area contributed by atoms with E-state index in [0.29, 0.717) is 18.9 Å². The van der Waals surface area contributed by atoms with Crippen molar-refractivity contribution in [2.75, 3.05) is 6.54 Å². The SMILES string of the molecule is CC(C)C(CN)C(=O)Cc1cncs1. The molecule has 1 unspecified atom stereocenters. The summed E-state index contributed by atoms with van der Waals surface area (Å²) in [5, 5.41) is 0. The van der Waals surface area contributed by atoms with Gasteiger partial charge < -0.3 is 5.73 Å². The Balaban J connectivity index is 2.56. The number of thiazole rings is 1. The average molecular weight is 212 g/mol. The zero-order chi connectivity index (χ0) is 10.6. The summed E-state index contributed by atoms with van der Waals surface area (Å²) in [6, 6.07) is 0. The molecular formula is C10H16N2OS. The van der Waals surface area contributed by atoms with Crippen LogP contribution >= 0.6 is 11.3 Å². The minimum absolute atomic E-state index is 0.0166. The highest BCUT2D eigenvalue weighted by molar-refractivity contribution is 7.09. The molecule has 1 atom stereocenters. The van der Waals surface area contributed by atoms with Gasteiger partial charge in [-0.15, -0.1) is 11.3 Å². The van der Waals surface area contributed by atoms with Crippen molar-refractivity contribution in [1.82, 2.24) is 4.98 Å². The van der Waals surface area contributed by atoms with Gasteiger partial charge in [0.1, 0.15) is 5.78 Å². The zero-order valence-corrected chi connectivity index (χ0v) is 9.38. The number of carbonyl (C=O) groups is 1. The monoisotopic (exact) mass is 212 g/mol. The van der Waals surface area contributed by atoms with E-state index in [1.807, 2.05) is 13.8 Å². The molecule has 0 radical (unpaired) electrons. The molecule has 2 N–H and O–H groups in total. The van der Waals surface area contributed by atoms with Gasteiger partial charge in [-0.25, -0.2) is 0 Å². The Hall–Kier alpha value is -0.740. The number of carbonyl (C=O) groups excluding carboxylic acids is 1. The third kappa shape index (κ3) is 2.89. The maximum absolute atomic E-state index is 11.8. The predicted octanol–water partition coefficient (Wildman–Crippen LogP) is 1.49. The van der Waals surface area contributed by atoms with Gasteiger partial charge in [0.15, 0.2) is 0 Å². The highest BCUT2D eigenvalue weighted by atomic mass is 32.1. The molecule has 1 heterocycles. The van der Waals surface area contributed by atoms with Crippen LogP contribution in [0.25, 0.3) is 0 Å². The van der Waals surface area contributed by atoms with E-state index < -0.39 is 0 Å². The number of nitrogens with zero attached hydrogens (tertiary/aromatic N) is 1. The van der Waals surface area contributed by atoms with Crippen molar-refractivity contribution in [2.45, 2.75) is 20.3 Å². The molecule has 1 rings (SSSR count). The fraction of sp³-hybridized carbons (Fsp3) is 0.600. The minimum atomic E-state index is -0.0166. The predicted molar refractivity (Wildman–Crippen MR) is 58.2 cm³/mol. The fourth-order valence-corrected chi connectivity index (χ4v) is 2.01. The van der Waals surface area contributed by atoms with Crippen molar-refractivity contribution in [1.29, 1.82) is 0 Å². The lowest BCUT2D eigenvalue weighted by Gasteiger charge is -2.16. The van der Waals surface area contributed by atoms with Gasteiger partial charge in [0, 0.05) is 30.0 Å². The van der Waals surface area contributed by atoms with Crippen LogP contribution in [0, 0.1) is 11.8 Å². The first-order valence-electron chi connectivity index (χ1n) is 4.75. The summed E-state index contributed by atoms with van der Waals surface area (Å²) in [5.74, 6) is 0.532. The van der Waals surface area contributed by atoms with Crippen molar-refractivity contribution in [3.63, 3.8) is 0 Å². The van der Waals surface area contributed by atoms with Crippen LogP contribution in [-0.4, -0.2) is 17.3 Å². The van der Waals surface area contributed by atoms with Gasteiger partial charge in [-0.3, -0.25) is 9.78 Å². The van der Waals surface area contributed by atoms with Crippen LogP contribution in [0.2, 0.25) is 0 Å². The van der Waals surface area contributed by atoms with Crippen LogP contribution in [0.5, 0.6) is 0 Å². The Kier molecular flexibility index (Phi) is 4.22. The second-order valence-corrected chi connectivity index (χ2v) is 4.67. The third-order valence-corrected chi connectivity index (χ3v) is 3.08. The Morgan fingerprint density at radius 2 is 2.36 bits per heavy atom. The van der Waals surface area contributed by atoms with E-state index in [4.69, 9.17) is 5.73 Å². The van der Waals surface area contributed by atoms with E-state index in [1.165, 1.54) is 11.3 Å². The number of hydrogen-bond acceptors (Lipinski definition) is 4. The maximum atomic E-state index is 11.8. The maximum Gasteiger partial charge on any atom is 0.142 e. The van der Waals surface area contributed by atoms with Crippen LogP contribution in [0.15, 0.2) is 11.7 Å². The number of hydrogen-bond donors (Lipinski definition) is 1. The smallest absolute Gasteiger partial charge is 0.142 e. The lowest BCUT2D eigenvalue weighted by Crippen LogP contribution is -2.29. The molecule has 0 aliphatic rings. The highest BCUT2D eigenvalue weighted by Crippen LogP contribution is 2.15. The molecule has 0 fully saturated rings. The first-order valence-corrected chi connectivity index (χ1v) is 5.63. The molecule has 3 nitrogen and oxygen atoms in total. The van der Waals surface area contributed by atoms with Crippen LogP contribution in [0.3, 0.4) is 0 Å². The van der Waals surface area contributed by atoms with E-state index in [-0.39, 0.29) is 11.7 Å². The first-order chi connectivity index (χ1) is 6.65. The Labute approximate surface area is 88.3 Å². The van der Waals surface area contributed by atoms with Crippen LogP contribution < -0.4 is 5.73 Å². The van der Waals surface area contributed by atoms with Gasteiger partial charge in [0.25, 0.3) is 0 Å². The van der Waals surface area contributed by atoms with E-state index in [0.717, 1.165) is 4.88 Å². The normalized spacial score (nSPS) is 13.1. The molecule has 0 aliphatic carbocycles. The number of aromatic nitrogens is 1. The molecule has 0 saturated heterocycles. The Morgan fingerprint density at radius 3 is 2.79 bits per heavy atom. The van der Waals surface area contributed by atoms with Crippen LogP contribution in [0.4, 0.5) is 0 Å². The molecule has 0 amide bonds. The number of nitrogens with two attached hydrogens (primary N) is 1. The summed E-state index contributed by atoms with van der Waals surface area (Å²) in [5.41, 5.74) is 7.32. The van der Waals surface area contributed by atoms with Crippen molar-refractivity contribution < 1.29 is 4.79 Å². The number of ketones is 1. The minimum Gasteiger partial charge on any atom is -0.330 e. The van der Waals surface area contributed by atoms with Crippen LogP contribution in [0.1, 0.15) is 18.7 Å². The molecule has 14 heavy (non-hydrogen) atoms. The third-order valence-electron chi connectivity index (χ3n) is 2.30. The van der Waals surface area contributed by atoms with E-state index >= 15 is 0 Å². The zero-order valence-electron chi connectivity index (χ0n) is 8.56. The molecule has 1 aromatic heterocycles. The highest BCUT2D eigenvalue weighted by Gasteiger charge is 2.20. The standard InChI is InChI=1S/C10H16N2OS/c1-7(2)9(4-11)10(13)3-8-5-12-6-14-8/h5-7,9H,3-4,11H2,1-2H3. The van der Waals surface area contributed by atoms with Crippen molar-refractivity contribution >= 4 is 17.1 Å². The Bertz CT molecular complexity index is 282. The fourth-order valence-electron chi connectivity index (χ4n) is 1.41. The molecular weight excluding hydrogens is 196 g/mol. The summed E-state index contributed by atoms with van der Waals surface area (Å²) < 4.78 is 0. The average Bonchev–Trinajstić information content (AvgIpc) is 2.57. The number of rotatable bonds is 5. The van der Waals surface area contributed by atoms with E-state index in [9.17, 15) is 4.79 Å². The van der Waals surface area contributed by atoms with Gasteiger partial charge >= 0.3 is 0 Å². The summed E-state index contributed by atoms with van der Waals surface area (Å²) in [4.78, 5) is 16.7. The molecule has 0 aromatic carbocycles. The molecule has 0 aliphatic heterocycles. The second-order valence-electron chi connectivity index (χ2n) is 3.70. The quantitative estimate of drug-likeness (QED) is 0.804. The van der Waals surface area contributed by atoms with Gasteiger partial charge in [-0.05, 0) is 5.92 Å². The summed E-state index contributed by atoms with van der Waals surface area (Å²) in [7, 11) is 0. The molecule has 0 spiro atoms. The van der Waals surface area contributed by atoms with E-state index in [2.05, 4.69) is 4.98 Å². The molecule has 1 aromatic rings. The second kappa shape index (κ2) is 5.22. The molecule has 4 heteroatoms. The van der Waals surface area contributed by atoms with Gasteiger partial charge in [0.2, 0.25) is 0 Å². The number of Topliss-reactive ketones (excluding diaryl/α,β-unsaturated/α-hetero) is 1.